The van der Waals surface area contributed by atoms with Crippen LogP contribution in [0.4, 0.5) is 19.0 Å². The second-order valence-electron chi connectivity index (χ2n) is 6.29. The van der Waals surface area contributed by atoms with E-state index in [0.29, 0.717) is 18.0 Å². The van der Waals surface area contributed by atoms with Crippen LogP contribution in [0.3, 0.4) is 0 Å². The van der Waals surface area contributed by atoms with E-state index >= 15 is 0 Å². The van der Waals surface area contributed by atoms with Crippen molar-refractivity contribution < 1.29 is 17.9 Å². The molecule has 0 unspecified atom stereocenters. The molecule has 0 saturated carbocycles. The number of nitrogens with one attached hydrogen (secondary N) is 1. The van der Waals surface area contributed by atoms with Gasteiger partial charge in [-0.2, -0.15) is 18.3 Å². The molecule has 0 saturated heterocycles. The lowest BCUT2D eigenvalue weighted by Crippen LogP contribution is -2.19. The summed E-state index contributed by atoms with van der Waals surface area (Å²) in [6, 6.07) is 12.8. The first kappa shape index (κ1) is 18.0. The van der Waals surface area contributed by atoms with Crippen molar-refractivity contribution in [1.29, 1.82) is 0 Å². The second-order valence-corrected chi connectivity index (χ2v) is 6.29. The highest BCUT2D eigenvalue weighted by molar-refractivity contribution is 5.91. The third-order valence-corrected chi connectivity index (χ3v) is 4.07. The first-order chi connectivity index (χ1) is 13.4. The lowest BCUT2D eigenvalue weighted by atomic mass is 10.2. The summed E-state index contributed by atoms with van der Waals surface area (Å²) in [5.74, 6) is 0.592. The van der Waals surface area contributed by atoms with Gasteiger partial charge in [-0.25, -0.2) is 14.5 Å². The second kappa shape index (κ2) is 6.99. The molecule has 6 nitrogen and oxygen atoms in total. The highest BCUT2D eigenvalue weighted by atomic mass is 19.4. The van der Waals surface area contributed by atoms with Crippen LogP contribution in [-0.4, -0.2) is 32.4 Å². The van der Waals surface area contributed by atoms with Crippen molar-refractivity contribution in [3.63, 3.8) is 0 Å². The predicted molar refractivity (Wildman–Crippen MR) is 98.3 cm³/mol. The summed E-state index contributed by atoms with van der Waals surface area (Å²) in [6.07, 6.45) is -2.99. The number of fused-ring (bicyclic) bond motifs is 3. The molecule has 0 fully saturated rings. The average Bonchev–Trinajstić information content (AvgIpc) is 3.05. The fourth-order valence-corrected chi connectivity index (χ4v) is 2.89. The van der Waals surface area contributed by atoms with E-state index in [-0.39, 0.29) is 5.88 Å². The SMILES string of the molecule is Cc1cc2nc(NCc3ccnc(OCC(F)(F)F)c3)c3ccccc3n2n1. The monoisotopic (exact) mass is 387 g/mol. The zero-order valence-corrected chi connectivity index (χ0v) is 14.9. The molecular weight excluding hydrogens is 371 g/mol. The number of benzene rings is 1. The van der Waals surface area contributed by atoms with E-state index < -0.39 is 12.8 Å². The molecule has 4 rings (SSSR count). The lowest BCUT2D eigenvalue weighted by molar-refractivity contribution is -0.154. The van der Waals surface area contributed by atoms with Crippen LogP contribution in [0.2, 0.25) is 0 Å². The van der Waals surface area contributed by atoms with Gasteiger partial charge in [0.1, 0.15) is 5.82 Å². The molecule has 4 aromatic rings. The Bertz CT molecular complexity index is 1140. The van der Waals surface area contributed by atoms with Crippen LogP contribution in [0.5, 0.6) is 5.88 Å². The molecule has 28 heavy (non-hydrogen) atoms. The molecule has 0 radical (unpaired) electrons. The Labute approximate surface area is 158 Å². The minimum absolute atomic E-state index is 0.0729. The summed E-state index contributed by atoms with van der Waals surface area (Å²) in [5.41, 5.74) is 3.20. The summed E-state index contributed by atoms with van der Waals surface area (Å²) >= 11 is 0. The number of aromatic nitrogens is 4. The van der Waals surface area contributed by atoms with E-state index in [4.69, 9.17) is 4.74 Å². The van der Waals surface area contributed by atoms with Crippen LogP contribution in [0.25, 0.3) is 16.6 Å². The maximum absolute atomic E-state index is 12.3. The van der Waals surface area contributed by atoms with E-state index in [2.05, 4.69) is 20.4 Å². The van der Waals surface area contributed by atoms with E-state index in [1.54, 1.807) is 10.6 Å². The highest BCUT2D eigenvalue weighted by Gasteiger charge is 2.28. The Kier molecular flexibility index (Phi) is 4.50. The van der Waals surface area contributed by atoms with Gasteiger partial charge in [0.15, 0.2) is 12.3 Å². The Morgan fingerprint density at radius 2 is 1.96 bits per heavy atom. The Morgan fingerprint density at radius 3 is 2.79 bits per heavy atom. The van der Waals surface area contributed by atoms with Crippen molar-refractivity contribution in [2.45, 2.75) is 19.6 Å². The van der Waals surface area contributed by atoms with Gasteiger partial charge in [-0.05, 0) is 30.7 Å². The number of aryl methyl sites for hydroxylation is 1. The lowest BCUT2D eigenvalue weighted by Gasteiger charge is -2.12. The zero-order chi connectivity index (χ0) is 19.7. The molecule has 0 aliphatic carbocycles. The smallest absolute Gasteiger partial charge is 0.422 e. The third kappa shape index (κ3) is 3.83. The number of rotatable bonds is 5. The number of hydrogen-bond acceptors (Lipinski definition) is 5. The van der Waals surface area contributed by atoms with Crippen molar-refractivity contribution >= 4 is 22.4 Å². The van der Waals surface area contributed by atoms with Gasteiger partial charge >= 0.3 is 6.18 Å². The number of pyridine rings is 1. The fraction of sp³-hybridized carbons (Fsp3) is 0.211. The maximum Gasteiger partial charge on any atom is 0.422 e. The summed E-state index contributed by atoms with van der Waals surface area (Å²) in [6.45, 7) is 0.876. The standard InChI is InChI=1S/C19H16F3N5O/c1-12-8-16-25-18(14-4-2-3-5-15(14)27(16)26-12)24-10-13-6-7-23-17(9-13)28-11-19(20,21)22/h2-9H,10-11H2,1H3,(H,24,25). The van der Waals surface area contributed by atoms with Gasteiger partial charge in [0.05, 0.1) is 11.2 Å². The van der Waals surface area contributed by atoms with Crippen LogP contribution < -0.4 is 10.1 Å². The summed E-state index contributed by atoms with van der Waals surface area (Å²) in [7, 11) is 0. The molecule has 0 atom stereocenters. The quantitative estimate of drug-likeness (QED) is 0.558. The normalized spacial score (nSPS) is 11.9. The van der Waals surface area contributed by atoms with Gasteiger partial charge in [-0.3, -0.25) is 0 Å². The molecular formula is C19H16F3N5O. The van der Waals surface area contributed by atoms with Crippen LogP contribution in [0.15, 0.2) is 48.7 Å². The van der Waals surface area contributed by atoms with E-state index in [0.717, 1.165) is 22.2 Å². The molecule has 0 amide bonds. The van der Waals surface area contributed by atoms with Crippen LogP contribution in [-0.2, 0) is 6.54 Å². The van der Waals surface area contributed by atoms with Crippen molar-refractivity contribution in [3.8, 4) is 5.88 Å². The minimum atomic E-state index is -4.41. The molecule has 0 spiro atoms. The van der Waals surface area contributed by atoms with Gasteiger partial charge in [-0.15, -0.1) is 0 Å². The van der Waals surface area contributed by atoms with Gasteiger partial charge in [0.2, 0.25) is 5.88 Å². The number of halogens is 3. The Morgan fingerprint density at radius 1 is 1.14 bits per heavy atom. The fourth-order valence-electron chi connectivity index (χ4n) is 2.89. The van der Waals surface area contributed by atoms with E-state index in [1.807, 2.05) is 37.3 Å². The number of nitrogens with zero attached hydrogens (tertiary/aromatic N) is 4. The van der Waals surface area contributed by atoms with Crippen LogP contribution >= 0.6 is 0 Å². The average molecular weight is 387 g/mol. The summed E-state index contributed by atoms with van der Waals surface area (Å²) in [5, 5.41) is 8.60. The number of para-hydroxylation sites is 1. The molecule has 9 heteroatoms. The molecule has 0 aliphatic heterocycles. The van der Waals surface area contributed by atoms with Gasteiger partial charge in [-0.1, -0.05) is 12.1 Å². The number of hydrogen-bond donors (Lipinski definition) is 1. The molecule has 3 heterocycles. The first-order valence-corrected chi connectivity index (χ1v) is 8.52. The highest BCUT2D eigenvalue weighted by Crippen LogP contribution is 2.24. The van der Waals surface area contributed by atoms with Crippen LogP contribution in [0, 0.1) is 6.92 Å². The van der Waals surface area contributed by atoms with Crippen LogP contribution in [0.1, 0.15) is 11.3 Å². The minimum Gasteiger partial charge on any atom is -0.468 e. The van der Waals surface area contributed by atoms with Gasteiger partial charge in [0.25, 0.3) is 0 Å². The summed E-state index contributed by atoms with van der Waals surface area (Å²) in [4.78, 5) is 8.44. The number of alkyl halides is 3. The Balaban J connectivity index is 1.59. The van der Waals surface area contributed by atoms with E-state index in [9.17, 15) is 13.2 Å². The first-order valence-electron chi connectivity index (χ1n) is 8.52. The van der Waals surface area contributed by atoms with Crippen molar-refractivity contribution in [3.05, 3.63) is 59.9 Å². The zero-order valence-electron chi connectivity index (χ0n) is 14.9. The molecule has 0 bridgehead atoms. The molecule has 1 N–H and O–H groups in total. The van der Waals surface area contributed by atoms with E-state index in [1.165, 1.54) is 12.3 Å². The number of ether oxygens (including phenoxy) is 1. The van der Waals surface area contributed by atoms with Gasteiger partial charge < -0.3 is 10.1 Å². The summed E-state index contributed by atoms with van der Waals surface area (Å²) < 4.78 is 43.4. The third-order valence-electron chi connectivity index (χ3n) is 4.07. The van der Waals surface area contributed by atoms with Crippen molar-refractivity contribution in [2.24, 2.45) is 0 Å². The van der Waals surface area contributed by atoms with Crippen molar-refractivity contribution in [1.82, 2.24) is 19.6 Å². The number of anilines is 1. The molecule has 1 aromatic carbocycles. The van der Waals surface area contributed by atoms with Crippen molar-refractivity contribution in [2.75, 3.05) is 11.9 Å². The predicted octanol–water partition coefficient (Wildman–Crippen LogP) is 4.14. The molecule has 3 aromatic heterocycles. The topological polar surface area (TPSA) is 64.3 Å². The molecule has 144 valence electrons. The van der Waals surface area contributed by atoms with Gasteiger partial charge in [0, 0.05) is 30.3 Å². The Hall–Kier alpha value is -3.36. The largest absolute Gasteiger partial charge is 0.468 e. The maximum atomic E-state index is 12.3. The molecule has 0 aliphatic rings.